The van der Waals surface area contributed by atoms with Crippen LogP contribution in [-0.2, 0) is 11.4 Å². The van der Waals surface area contributed by atoms with Crippen LogP contribution in [-0.4, -0.2) is 37.5 Å². The Bertz CT molecular complexity index is 1490. The van der Waals surface area contributed by atoms with Crippen LogP contribution >= 0.6 is 11.6 Å². The molecule has 0 aliphatic carbocycles. The van der Waals surface area contributed by atoms with Crippen LogP contribution in [0, 0.1) is 13.8 Å². The molecule has 3 aromatic heterocycles. The van der Waals surface area contributed by atoms with Crippen LogP contribution in [0.4, 0.5) is 0 Å². The smallest absolute Gasteiger partial charge is 0.192 e. The molecule has 0 spiro atoms. The quantitative estimate of drug-likeness (QED) is 0.266. The van der Waals surface area contributed by atoms with Gasteiger partial charge in [0.05, 0.1) is 24.4 Å². The molecule has 0 radical (unpaired) electrons. The van der Waals surface area contributed by atoms with E-state index in [4.69, 9.17) is 26.2 Å². The number of hydrogen-bond donors (Lipinski definition) is 0. The summed E-state index contributed by atoms with van der Waals surface area (Å²) in [7, 11) is 1.66. The van der Waals surface area contributed by atoms with Gasteiger partial charge in [-0.1, -0.05) is 35.0 Å². The van der Waals surface area contributed by atoms with Crippen molar-refractivity contribution < 1.29 is 9.57 Å². The Morgan fingerprint density at radius 1 is 1.09 bits per heavy atom. The van der Waals surface area contributed by atoms with Gasteiger partial charge in [0.2, 0.25) is 0 Å². The molecule has 9 heteroatoms. The molecule has 0 N–H and O–H groups in total. The van der Waals surface area contributed by atoms with E-state index in [-0.39, 0.29) is 6.61 Å². The minimum Gasteiger partial charge on any atom is -0.497 e. The van der Waals surface area contributed by atoms with E-state index in [1.54, 1.807) is 36.3 Å². The topological polar surface area (TPSA) is 78.8 Å². The molecule has 3 heterocycles. The third-order valence-corrected chi connectivity index (χ3v) is 5.78. The standard InChI is InChI=1S/C24H21ClN6O2/c1-15-16(2)31(19-5-4-6-20(11-19)32-3)23-22(15)24-28-21(29-30(24)14-26-23)13-33-27-12-17-7-9-18(25)10-8-17/h4-12,14H,13H2,1-3H3/b27-12+. The van der Waals surface area contributed by atoms with Gasteiger partial charge in [0.25, 0.3) is 0 Å². The highest BCUT2D eigenvalue weighted by Crippen LogP contribution is 2.30. The van der Waals surface area contributed by atoms with Gasteiger partial charge >= 0.3 is 0 Å². The van der Waals surface area contributed by atoms with Crippen LogP contribution in [0.15, 0.2) is 60.0 Å². The van der Waals surface area contributed by atoms with E-state index >= 15 is 0 Å². The number of methoxy groups -OCH3 is 1. The van der Waals surface area contributed by atoms with Crippen molar-refractivity contribution in [3.05, 3.63) is 82.5 Å². The minimum absolute atomic E-state index is 0.141. The molecule has 5 rings (SSSR count). The predicted octanol–water partition coefficient (Wildman–Crippen LogP) is 4.90. The summed E-state index contributed by atoms with van der Waals surface area (Å²) < 4.78 is 9.18. The number of nitrogens with zero attached hydrogens (tertiary/aromatic N) is 6. The lowest BCUT2D eigenvalue weighted by atomic mass is 10.2. The van der Waals surface area contributed by atoms with E-state index < -0.39 is 0 Å². The first-order valence-electron chi connectivity index (χ1n) is 10.3. The number of halogens is 1. The third kappa shape index (κ3) is 3.89. The molecular formula is C24H21ClN6O2. The maximum absolute atomic E-state index is 5.90. The van der Waals surface area contributed by atoms with Gasteiger partial charge in [-0.3, -0.25) is 4.57 Å². The third-order valence-electron chi connectivity index (χ3n) is 5.53. The Balaban J connectivity index is 1.47. The van der Waals surface area contributed by atoms with E-state index in [1.165, 1.54) is 0 Å². The molecular weight excluding hydrogens is 440 g/mol. The lowest BCUT2D eigenvalue weighted by Gasteiger charge is -2.09. The zero-order chi connectivity index (χ0) is 22.9. The first-order valence-corrected chi connectivity index (χ1v) is 10.7. The Hall–Kier alpha value is -3.91. The monoisotopic (exact) mass is 460 g/mol. The van der Waals surface area contributed by atoms with Gasteiger partial charge in [-0.25, -0.2) is 14.5 Å². The van der Waals surface area contributed by atoms with Crippen LogP contribution in [0.25, 0.3) is 22.4 Å². The number of hydrogen-bond acceptors (Lipinski definition) is 6. The fraction of sp³-hybridized carbons (Fsp3) is 0.167. The van der Waals surface area contributed by atoms with Gasteiger partial charge < -0.3 is 9.57 Å². The van der Waals surface area contributed by atoms with Crippen LogP contribution in [0.5, 0.6) is 5.75 Å². The van der Waals surface area contributed by atoms with E-state index in [0.717, 1.165) is 44.9 Å². The van der Waals surface area contributed by atoms with Crippen LogP contribution < -0.4 is 4.74 Å². The van der Waals surface area contributed by atoms with Gasteiger partial charge in [0.1, 0.15) is 12.1 Å². The summed E-state index contributed by atoms with van der Waals surface area (Å²) in [6, 6.07) is 15.2. The molecule has 0 fully saturated rings. The highest BCUT2D eigenvalue weighted by atomic mass is 35.5. The summed E-state index contributed by atoms with van der Waals surface area (Å²) in [5.74, 6) is 1.30. The summed E-state index contributed by atoms with van der Waals surface area (Å²) in [5.41, 5.74) is 5.56. The van der Waals surface area contributed by atoms with Crippen molar-refractivity contribution in [1.82, 2.24) is 24.1 Å². The number of rotatable bonds is 6. The second-order valence-corrected chi connectivity index (χ2v) is 7.98. The molecule has 5 aromatic rings. The van der Waals surface area contributed by atoms with Gasteiger partial charge in [0.15, 0.2) is 23.7 Å². The van der Waals surface area contributed by atoms with Crippen LogP contribution in [0.2, 0.25) is 5.02 Å². The number of benzene rings is 2. The summed E-state index contributed by atoms with van der Waals surface area (Å²) in [6.07, 6.45) is 3.29. The number of aryl methyl sites for hydroxylation is 1. The molecule has 0 atom stereocenters. The fourth-order valence-electron chi connectivity index (χ4n) is 3.77. The second kappa shape index (κ2) is 8.55. The van der Waals surface area contributed by atoms with E-state index in [2.05, 4.69) is 33.7 Å². The zero-order valence-corrected chi connectivity index (χ0v) is 19.1. The van der Waals surface area contributed by atoms with Crippen LogP contribution in [0.3, 0.4) is 0 Å². The minimum atomic E-state index is 0.141. The molecule has 0 amide bonds. The van der Waals surface area contributed by atoms with E-state index in [1.807, 2.05) is 36.4 Å². The van der Waals surface area contributed by atoms with Gasteiger partial charge in [0, 0.05) is 16.8 Å². The molecule has 0 unspecified atom stereocenters. The Morgan fingerprint density at radius 3 is 2.70 bits per heavy atom. The highest BCUT2D eigenvalue weighted by Gasteiger charge is 2.19. The highest BCUT2D eigenvalue weighted by molar-refractivity contribution is 6.30. The maximum atomic E-state index is 5.90. The lowest BCUT2D eigenvalue weighted by molar-refractivity contribution is 0.126. The summed E-state index contributed by atoms with van der Waals surface area (Å²) in [4.78, 5) is 14.8. The van der Waals surface area contributed by atoms with Crippen LogP contribution in [0.1, 0.15) is 22.6 Å². The fourth-order valence-corrected chi connectivity index (χ4v) is 3.90. The largest absolute Gasteiger partial charge is 0.497 e. The lowest BCUT2D eigenvalue weighted by Crippen LogP contribution is -1.99. The maximum Gasteiger partial charge on any atom is 0.192 e. The number of oxime groups is 1. The second-order valence-electron chi connectivity index (χ2n) is 7.55. The number of aromatic nitrogens is 5. The first kappa shape index (κ1) is 21.0. The van der Waals surface area contributed by atoms with Crippen molar-refractivity contribution in [2.75, 3.05) is 7.11 Å². The average Bonchev–Trinajstić information content (AvgIpc) is 3.36. The van der Waals surface area contributed by atoms with Crippen molar-refractivity contribution >= 4 is 34.5 Å². The molecule has 0 saturated carbocycles. The van der Waals surface area contributed by atoms with Crippen molar-refractivity contribution in [3.8, 4) is 11.4 Å². The SMILES string of the molecule is COc1cccc(-n2c(C)c(C)c3c2ncn2nc(CO/N=C/c4ccc(Cl)cc4)nc32)c1. The molecule has 0 saturated heterocycles. The molecule has 2 aromatic carbocycles. The molecule has 166 valence electrons. The summed E-state index contributed by atoms with van der Waals surface area (Å²) in [5, 5.41) is 10.1. The Labute approximate surface area is 195 Å². The van der Waals surface area contributed by atoms with Crippen molar-refractivity contribution in [3.63, 3.8) is 0 Å². The number of ether oxygens (including phenoxy) is 1. The number of fused-ring (bicyclic) bond motifs is 3. The normalized spacial score (nSPS) is 11.6. The Morgan fingerprint density at radius 2 is 1.91 bits per heavy atom. The van der Waals surface area contributed by atoms with Crippen molar-refractivity contribution in [1.29, 1.82) is 0 Å². The van der Waals surface area contributed by atoms with E-state index in [0.29, 0.717) is 10.8 Å². The summed E-state index contributed by atoms with van der Waals surface area (Å²) >= 11 is 5.90. The predicted molar refractivity (Wildman–Crippen MR) is 127 cm³/mol. The van der Waals surface area contributed by atoms with Gasteiger partial charge in [-0.15, -0.1) is 5.10 Å². The molecule has 33 heavy (non-hydrogen) atoms. The molecule has 8 nitrogen and oxygen atoms in total. The first-order chi connectivity index (χ1) is 16.0. The van der Waals surface area contributed by atoms with E-state index in [9.17, 15) is 0 Å². The van der Waals surface area contributed by atoms with Crippen molar-refractivity contribution in [2.45, 2.75) is 20.5 Å². The average molecular weight is 461 g/mol. The van der Waals surface area contributed by atoms with Gasteiger partial charge in [-0.2, -0.15) is 0 Å². The zero-order valence-electron chi connectivity index (χ0n) is 18.4. The van der Waals surface area contributed by atoms with Gasteiger partial charge in [-0.05, 0) is 49.2 Å². The molecule has 0 aliphatic heterocycles. The van der Waals surface area contributed by atoms with Crippen molar-refractivity contribution in [2.24, 2.45) is 5.16 Å². The molecule has 0 bridgehead atoms. The summed E-state index contributed by atoms with van der Waals surface area (Å²) in [6.45, 7) is 4.28. The Kier molecular flexibility index (Phi) is 5.43. The molecule has 0 aliphatic rings.